The van der Waals surface area contributed by atoms with Crippen LogP contribution in [0.3, 0.4) is 0 Å². The van der Waals surface area contributed by atoms with Gasteiger partial charge in [-0.25, -0.2) is 0 Å². The molecule has 18 heavy (non-hydrogen) atoms. The number of phenolic OH excluding ortho intramolecular Hbond substituents is 1. The molecular formula is C13H10N2O3. The van der Waals surface area contributed by atoms with Gasteiger partial charge in [-0.15, -0.1) is 0 Å². The molecule has 90 valence electrons. The van der Waals surface area contributed by atoms with Crippen LogP contribution in [0.2, 0.25) is 0 Å². The van der Waals surface area contributed by atoms with Crippen LogP contribution in [0, 0.1) is 6.92 Å². The number of nitrogens with zero attached hydrogens (tertiary/aromatic N) is 2. The summed E-state index contributed by atoms with van der Waals surface area (Å²) in [6.07, 6.45) is 1.39. The van der Waals surface area contributed by atoms with E-state index in [9.17, 15) is 14.7 Å². The molecule has 0 amide bonds. The van der Waals surface area contributed by atoms with E-state index < -0.39 is 0 Å². The van der Waals surface area contributed by atoms with Crippen molar-refractivity contribution in [1.82, 2.24) is 9.78 Å². The van der Waals surface area contributed by atoms with Crippen molar-refractivity contribution >= 4 is 11.6 Å². The Hall–Kier alpha value is -2.43. The molecule has 1 aromatic heterocycles. The van der Waals surface area contributed by atoms with Gasteiger partial charge in [0.2, 0.25) is 5.78 Å². The highest BCUT2D eigenvalue weighted by molar-refractivity contribution is 6.28. The van der Waals surface area contributed by atoms with E-state index in [0.29, 0.717) is 5.56 Å². The van der Waals surface area contributed by atoms with Crippen molar-refractivity contribution in [2.45, 2.75) is 6.92 Å². The summed E-state index contributed by atoms with van der Waals surface area (Å²) in [5, 5.41) is 13.8. The predicted octanol–water partition coefficient (Wildman–Crippen LogP) is 1.21. The molecule has 2 aromatic rings. The van der Waals surface area contributed by atoms with Crippen LogP contribution in [0.4, 0.5) is 0 Å². The third kappa shape index (κ3) is 1.18. The molecule has 0 unspecified atom stereocenters. The van der Waals surface area contributed by atoms with Gasteiger partial charge in [-0.05, 0) is 24.6 Å². The van der Waals surface area contributed by atoms with E-state index in [2.05, 4.69) is 5.10 Å². The van der Waals surface area contributed by atoms with Gasteiger partial charge < -0.3 is 5.11 Å². The van der Waals surface area contributed by atoms with Crippen LogP contribution >= 0.6 is 0 Å². The first-order chi connectivity index (χ1) is 8.50. The summed E-state index contributed by atoms with van der Waals surface area (Å²) in [6, 6.07) is 3.09. The second-order valence-electron chi connectivity index (χ2n) is 4.40. The van der Waals surface area contributed by atoms with Gasteiger partial charge in [-0.1, -0.05) is 0 Å². The molecule has 1 aromatic carbocycles. The minimum Gasteiger partial charge on any atom is -0.507 e. The maximum absolute atomic E-state index is 12.3. The van der Waals surface area contributed by atoms with Crippen molar-refractivity contribution in [2.24, 2.45) is 7.05 Å². The van der Waals surface area contributed by atoms with E-state index in [1.54, 1.807) is 20.0 Å². The first-order valence-corrected chi connectivity index (χ1v) is 5.45. The fraction of sp³-hybridized carbons (Fsp3) is 0.154. The Kier molecular flexibility index (Phi) is 1.96. The highest BCUT2D eigenvalue weighted by Gasteiger charge is 2.34. The number of rotatable bonds is 0. The molecule has 0 saturated heterocycles. The van der Waals surface area contributed by atoms with Gasteiger partial charge in [-0.3, -0.25) is 14.3 Å². The summed E-state index contributed by atoms with van der Waals surface area (Å²) in [5.74, 6) is -0.793. The summed E-state index contributed by atoms with van der Waals surface area (Å²) in [4.78, 5) is 24.5. The normalized spacial score (nSPS) is 13.4. The molecule has 5 nitrogen and oxygen atoms in total. The number of fused-ring (bicyclic) bond motifs is 2. The van der Waals surface area contributed by atoms with Gasteiger partial charge in [0.15, 0.2) is 5.78 Å². The topological polar surface area (TPSA) is 72.2 Å². The van der Waals surface area contributed by atoms with Gasteiger partial charge in [-0.2, -0.15) is 5.10 Å². The molecule has 0 radical (unpaired) electrons. The number of aromatic nitrogens is 2. The van der Waals surface area contributed by atoms with Gasteiger partial charge >= 0.3 is 0 Å². The lowest BCUT2D eigenvalue weighted by Gasteiger charge is -2.16. The van der Waals surface area contributed by atoms with Crippen LogP contribution < -0.4 is 0 Å². The van der Waals surface area contributed by atoms with E-state index >= 15 is 0 Å². The molecule has 1 N–H and O–H groups in total. The molecule has 5 heteroatoms. The van der Waals surface area contributed by atoms with Crippen LogP contribution in [0.1, 0.15) is 37.5 Å². The second kappa shape index (κ2) is 3.29. The quantitative estimate of drug-likeness (QED) is 0.643. The van der Waals surface area contributed by atoms with Crippen LogP contribution in [0.5, 0.6) is 5.75 Å². The number of ketones is 2. The molecule has 1 heterocycles. The highest BCUT2D eigenvalue weighted by Crippen LogP contribution is 2.33. The smallest absolute Gasteiger partial charge is 0.216 e. The number of hydrogen-bond acceptors (Lipinski definition) is 4. The first kappa shape index (κ1) is 10.7. The van der Waals surface area contributed by atoms with Crippen molar-refractivity contribution in [2.75, 3.05) is 0 Å². The zero-order valence-electron chi connectivity index (χ0n) is 9.89. The lowest BCUT2D eigenvalue weighted by molar-refractivity contribution is 0.0971. The van der Waals surface area contributed by atoms with Crippen molar-refractivity contribution in [3.8, 4) is 5.75 Å². The molecule has 0 saturated carbocycles. The SMILES string of the molecule is Cc1cc(O)c2c(c1)C(=O)c1cnn(C)c1C2=O. The third-order valence-electron chi connectivity index (χ3n) is 3.13. The summed E-state index contributed by atoms with van der Waals surface area (Å²) < 4.78 is 1.36. The second-order valence-corrected chi connectivity index (χ2v) is 4.40. The van der Waals surface area contributed by atoms with Crippen molar-refractivity contribution in [3.63, 3.8) is 0 Å². The van der Waals surface area contributed by atoms with Gasteiger partial charge in [0.1, 0.15) is 11.4 Å². The molecular weight excluding hydrogens is 232 g/mol. The Bertz CT molecular complexity index is 713. The number of aromatic hydroxyl groups is 1. The van der Waals surface area contributed by atoms with Crippen molar-refractivity contribution in [3.05, 3.63) is 46.3 Å². The lowest BCUT2D eigenvalue weighted by Crippen LogP contribution is -2.22. The number of carbonyl (C=O) groups is 2. The molecule has 0 spiro atoms. The van der Waals surface area contributed by atoms with Crippen LogP contribution in [-0.2, 0) is 7.05 Å². The van der Waals surface area contributed by atoms with E-state index in [4.69, 9.17) is 0 Å². The highest BCUT2D eigenvalue weighted by atomic mass is 16.3. The maximum atomic E-state index is 12.3. The zero-order valence-corrected chi connectivity index (χ0v) is 9.89. The van der Waals surface area contributed by atoms with E-state index in [0.717, 1.165) is 5.56 Å². The summed E-state index contributed by atoms with van der Waals surface area (Å²) >= 11 is 0. The fourth-order valence-corrected chi connectivity index (χ4v) is 2.32. The van der Waals surface area contributed by atoms with Crippen LogP contribution in [0.15, 0.2) is 18.3 Å². The summed E-state index contributed by atoms with van der Waals surface area (Å²) in [6.45, 7) is 1.76. The Labute approximate surface area is 103 Å². The number of benzene rings is 1. The predicted molar refractivity (Wildman–Crippen MR) is 62.9 cm³/mol. The van der Waals surface area contributed by atoms with E-state index in [1.165, 1.54) is 16.9 Å². The third-order valence-corrected chi connectivity index (χ3v) is 3.13. The number of aryl methyl sites for hydroxylation is 2. The Morgan fingerprint density at radius 1 is 1.17 bits per heavy atom. The van der Waals surface area contributed by atoms with E-state index in [1.807, 2.05) is 0 Å². The molecule has 1 aliphatic rings. The standard InChI is InChI=1S/C13H10N2O3/c1-6-3-7-10(9(16)4-6)13(18)11-8(12(7)17)5-14-15(11)2/h3-5,16H,1-2H3. The largest absolute Gasteiger partial charge is 0.507 e. The van der Waals surface area contributed by atoms with Crippen molar-refractivity contribution < 1.29 is 14.7 Å². The first-order valence-electron chi connectivity index (χ1n) is 5.45. The fourth-order valence-electron chi connectivity index (χ4n) is 2.32. The summed E-state index contributed by atoms with van der Waals surface area (Å²) in [7, 11) is 1.60. The number of carbonyl (C=O) groups excluding carboxylic acids is 2. The molecule has 0 atom stereocenters. The monoisotopic (exact) mass is 242 g/mol. The lowest BCUT2D eigenvalue weighted by atomic mass is 9.86. The molecule has 3 rings (SSSR count). The Morgan fingerprint density at radius 2 is 1.89 bits per heavy atom. The minimum absolute atomic E-state index is 0.0710. The number of phenols is 1. The average molecular weight is 242 g/mol. The van der Waals surface area contributed by atoms with Gasteiger partial charge in [0.05, 0.1) is 17.3 Å². The molecule has 1 aliphatic carbocycles. The van der Waals surface area contributed by atoms with E-state index in [-0.39, 0.29) is 34.1 Å². The Balaban J connectivity index is 2.39. The number of hydrogen-bond donors (Lipinski definition) is 1. The van der Waals surface area contributed by atoms with Crippen LogP contribution in [-0.4, -0.2) is 26.5 Å². The summed E-state index contributed by atoms with van der Waals surface area (Å²) in [5.41, 5.74) is 1.58. The Morgan fingerprint density at radius 3 is 2.61 bits per heavy atom. The van der Waals surface area contributed by atoms with Gasteiger partial charge in [0, 0.05) is 12.6 Å². The maximum Gasteiger partial charge on any atom is 0.216 e. The average Bonchev–Trinajstić information content (AvgIpc) is 2.67. The van der Waals surface area contributed by atoms with Crippen molar-refractivity contribution in [1.29, 1.82) is 0 Å². The van der Waals surface area contributed by atoms with Gasteiger partial charge in [0.25, 0.3) is 0 Å². The minimum atomic E-state index is -0.364. The molecule has 0 aliphatic heterocycles. The van der Waals surface area contributed by atoms with Crippen LogP contribution in [0.25, 0.3) is 0 Å². The molecule has 0 bridgehead atoms. The zero-order chi connectivity index (χ0) is 13.0. The molecule has 0 fully saturated rings.